The molecule has 0 saturated heterocycles. The van der Waals surface area contributed by atoms with E-state index in [1.54, 1.807) is 39.3 Å². The smallest absolute Gasteiger partial charge is 0.253 e. The van der Waals surface area contributed by atoms with Crippen LogP contribution in [0, 0.1) is 5.92 Å². The maximum atomic E-state index is 12.0. The van der Waals surface area contributed by atoms with Gasteiger partial charge in [0.25, 0.3) is 5.91 Å². The van der Waals surface area contributed by atoms with E-state index in [0.717, 1.165) is 5.69 Å². The largest absolute Gasteiger partial charge is 0.397 e. The van der Waals surface area contributed by atoms with Crippen molar-refractivity contribution in [3.63, 3.8) is 0 Å². The molecule has 1 atom stereocenters. The predicted octanol–water partition coefficient (Wildman–Crippen LogP) is 0.789. The highest BCUT2D eigenvalue weighted by Crippen LogP contribution is 2.25. The standard InChI is InChI=1S/C15H24N4O2/c1-10(14(20)17-2)9-19(5)13-8-11(6-7-12(13)16)15(21)18(3)4/h6-8,10H,9,16H2,1-5H3,(H,17,20). The second-order valence-corrected chi connectivity index (χ2v) is 5.37. The number of nitrogen functional groups attached to an aromatic ring is 1. The van der Waals surface area contributed by atoms with Crippen LogP contribution in [0.3, 0.4) is 0 Å². The second-order valence-electron chi connectivity index (χ2n) is 5.37. The first-order chi connectivity index (χ1) is 9.77. The number of benzene rings is 1. The zero-order chi connectivity index (χ0) is 16.2. The molecule has 0 heterocycles. The lowest BCUT2D eigenvalue weighted by Gasteiger charge is -2.25. The summed E-state index contributed by atoms with van der Waals surface area (Å²) in [6.07, 6.45) is 0. The SMILES string of the molecule is CNC(=O)C(C)CN(C)c1cc(C(=O)N(C)C)ccc1N. The number of anilines is 2. The number of nitrogens with zero attached hydrogens (tertiary/aromatic N) is 2. The minimum absolute atomic E-state index is 0.0269. The maximum Gasteiger partial charge on any atom is 0.253 e. The molecule has 0 aliphatic rings. The summed E-state index contributed by atoms with van der Waals surface area (Å²) in [5, 5.41) is 2.62. The summed E-state index contributed by atoms with van der Waals surface area (Å²) in [6.45, 7) is 2.36. The van der Waals surface area contributed by atoms with Crippen LogP contribution >= 0.6 is 0 Å². The summed E-state index contributed by atoms with van der Waals surface area (Å²) >= 11 is 0. The van der Waals surface area contributed by atoms with Crippen LogP contribution in [-0.4, -0.2) is 51.4 Å². The Balaban J connectivity index is 2.98. The minimum atomic E-state index is -0.174. The molecule has 0 bridgehead atoms. The minimum Gasteiger partial charge on any atom is -0.397 e. The molecule has 0 aromatic heterocycles. The molecule has 0 aliphatic carbocycles. The molecular weight excluding hydrogens is 268 g/mol. The zero-order valence-corrected chi connectivity index (χ0v) is 13.3. The van der Waals surface area contributed by atoms with Crippen LogP contribution in [0.15, 0.2) is 18.2 Å². The molecule has 0 radical (unpaired) electrons. The summed E-state index contributed by atoms with van der Waals surface area (Å²) in [6, 6.07) is 5.18. The highest BCUT2D eigenvalue weighted by atomic mass is 16.2. The Labute approximate surface area is 125 Å². The fraction of sp³-hybridized carbons (Fsp3) is 0.467. The molecule has 0 spiro atoms. The fourth-order valence-electron chi connectivity index (χ4n) is 2.10. The third-order valence-corrected chi connectivity index (χ3v) is 3.34. The van der Waals surface area contributed by atoms with E-state index >= 15 is 0 Å². The molecule has 3 N–H and O–H groups in total. The molecule has 1 unspecified atom stereocenters. The van der Waals surface area contributed by atoms with Gasteiger partial charge in [0.15, 0.2) is 0 Å². The summed E-state index contributed by atoms with van der Waals surface area (Å²) in [4.78, 5) is 27.0. The van der Waals surface area contributed by atoms with Crippen LogP contribution in [0.2, 0.25) is 0 Å². The van der Waals surface area contributed by atoms with Gasteiger partial charge in [-0.25, -0.2) is 0 Å². The van der Waals surface area contributed by atoms with Crippen molar-refractivity contribution in [2.24, 2.45) is 5.92 Å². The van der Waals surface area contributed by atoms with Crippen LogP contribution in [-0.2, 0) is 4.79 Å². The normalized spacial score (nSPS) is 11.7. The van der Waals surface area contributed by atoms with Crippen molar-refractivity contribution in [3.05, 3.63) is 23.8 Å². The number of amides is 2. The molecule has 116 valence electrons. The van der Waals surface area contributed by atoms with E-state index in [2.05, 4.69) is 5.32 Å². The lowest BCUT2D eigenvalue weighted by Crippen LogP contribution is -2.34. The van der Waals surface area contributed by atoms with Crippen molar-refractivity contribution in [1.29, 1.82) is 0 Å². The maximum absolute atomic E-state index is 12.0. The molecule has 6 nitrogen and oxygen atoms in total. The third-order valence-electron chi connectivity index (χ3n) is 3.34. The number of rotatable bonds is 5. The third kappa shape index (κ3) is 4.11. The Morgan fingerprint density at radius 3 is 2.43 bits per heavy atom. The Hall–Kier alpha value is -2.24. The van der Waals surface area contributed by atoms with Crippen molar-refractivity contribution >= 4 is 23.2 Å². The fourth-order valence-corrected chi connectivity index (χ4v) is 2.10. The summed E-state index contributed by atoms with van der Waals surface area (Å²) in [5.74, 6) is -0.280. The van der Waals surface area contributed by atoms with Crippen LogP contribution in [0.5, 0.6) is 0 Å². The first kappa shape index (κ1) is 16.8. The van der Waals surface area contributed by atoms with Crippen molar-refractivity contribution in [3.8, 4) is 0 Å². The molecule has 6 heteroatoms. The van der Waals surface area contributed by atoms with Crippen LogP contribution in [0.1, 0.15) is 17.3 Å². The number of nitrogens with two attached hydrogens (primary N) is 1. The van der Waals surface area contributed by atoms with Gasteiger partial charge in [-0.15, -0.1) is 0 Å². The van der Waals surface area contributed by atoms with Gasteiger partial charge in [-0.3, -0.25) is 9.59 Å². The summed E-state index contributed by atoms with van der Waals surface area (Å²) < 4.78 is 0. The summed E-state index contributed by atoms with van der Waals surface area (Å²) in [7, 11) is 6.88. The van der Waals surface area contributed by atoms with E-state index < -0.39 is 0 Å². The first-order valence-electron chi connectivity index (χ1n) is 6.81. The van der Waals surface area contributed by atoms with Crippen LogP contribution in [0.25, 0.3) is 0 Å². The van der Waals surface area contributed by atoms with Gasteiger partial charge in [-0.2, -0.15) is 0 Å². The molecule has 1 aromatic carbocycles. The van der Waals surface area contributed by atoms with Gasteiger partial charge in [-0.1, -0.05) is 6.92 Å². The Morgan fingerprint density at radius 2 is 1.90 bits per heavy atom. The van der Waals surface area contributed by atoms with Crippen LogP contribution < -0.4 is 16.0 Å². The first-order valence-corrected chi connectivity index (χ1v) is 6.81. The zero-order valence-electron chi connectivity index (χ0n) is 13.3. The van der Waals surface area contributed by atoms with Gasteiger partial charge >= 0.3 is 0 Å². The molecule has 1 rings (SSSR count). The average Bonchev–Trinajstić information content (AvgIpc) is 2.45. The van der Waals surface area contributed by atoms with Crippen LogP contribution in [0.4, 0.5) is 11.4 Å². The van der Waals surface area contributed by atoms with Gasteiger partial charge in [0.1, 0.15) is 0 Å². The highest BCUT2D eigenvalue weighted by Gasteiger charge is 2.17. The van der Waals surface area contributed by atoms with E-state index in [0.29, 0.717) is 17.8 Å². The molecule has 0 fully saturated rings. The van der Waals surface area contributed by atoms with Gasteiger partial charge < -0.3 is 20.9 Å². The van der Waals surface area contributed by atoms with E-state index in [4.69, 9.17) is 5.73 Å². The van der Waals surface area contributed by atoms with E-state index in [9.17, 15) is 9.59 Å². The number of carbonyl (C=O) groups is 2. The summed E-state index contributed by atoms with van der Waals surface area (Å²) in [5.41, 5.74) is 7.89. The molecule has 0 aliphatic heterocycles. The van der Waals surface area contributed by atoms with Gasteiger partial charge in [-0.05, 0) is 18.2 Å². The van der Waals surface area contributed by atoms with E-state index in [1.807, 2.05) is 18.9 Å². The molecule has 0 saturated carbocycles. The van der Waals surface area contributed by atoms with Gasteiger partial charge in [0.2, 0.25) is 5.91 Å². The topological polar surface area (TPSA) is 78.7 Å². The lowest BCUT2D eigenvalue weighted by atomic mass is 10.1. The number of carbonyl (C=O) groups excluding carboxylic acids is 2. The Morgan fingerprint density at radius 1 is 1.29 bits per heavy atom. The number of hydrogen-bond acceptors (Lipinski definition) is 4. The predicted molar refractivity (Wildman–Crippen MR) is 85.4 cm³/mol. The van der Waals surface area contributed by atoms with E-state index in [-0.39, 0.29) is 17.7 Å². The quantitative estimate of drug-likeness (QED) is 0.786. The average molecular weight is 292 g/mol. The van der Waals surface area contributed by atoms with Gasteiger partial charge in [0.05, 0.1) is 17.3 Å². The lowest BCUT2D eigenvalue weighted by molar-refractivity contribution is -0.123. The van der Waals surface area contributed by atoms with Crippen molar-refractivity contribution in [1.82, 2.24) is 10.2 Å². The number of hydrogen-bond donors (Lipinski definition) is 2. The molecule has 21 heavy (non-hydrogen) atoms. The van der Waals surface area contributed by atoms with Crippen molar-refractivity contribution < 1.29 is 9.59 Å². The molecule has 1 aromatic rings. The highest BCUT2D eigenvalue weighted by molar-refractivity contribution is 5.96. The van der Waals surface area contributed by atoms with Crippen molar-refractivity contribution in [2.45, 2.75) is 6.92 Å². The second kappa shape index (κ2) is 6.97. The monoisotopic (exact) mass is 292 g/mol. The van der Waals surface area contributed by atoms with Gasteiger partial charge in [0, 0.05) is 40.3 Å². The Bertz CT molecular complexity index is 528. The number of nitrogens with one attached hydrogen (secondary N) is 1. The van der Waals surface area contributed by atoms with Crippen molar-refractivity contribution in [2.75, 3.05) is 45.4 Å². The molecular formula is C15H24N4O2. The Kier molecular flexibility index (Phi) is 5.58. The van der Waals surface area contributed by atoms with E-state index in [1.165, 1.54) is 4.90 Å². The molecule has 2 amide bonds.